The minimum absolute atomic E-state index is 0.250. The predicted molar refractivity (Wildman–Crippen MR) is 73.3 cm³/mol. The van der Waals surface area contributed by atoms with Crippen molar-refractivity contribution < 1.29 is 14.3 Å². The highest BCUT2D eigenvalue weighted by Crippen LogP contribution is 2.26. The molecule has 1 aliphatic rings. The van der Waals surface area contributed by atoms with E-state index in [4.69, 9.17) is 14.3 Å². The van der Waals surface area contributed by atoms with Crippen molar-refractivity contribution in [2.45, 2.75) is 26.2 Å². The third-order valence-corrected chi connectivity index (χ3v) is 4.14. The average molecular weight is 284 g/mol. The van der Waals surface area contributed by atoms with E-state index < -0.39 is 0 Å². The summed E-state index contributed by atoms with van der Waals surface area (Å²) in [6.45, 7) is 5.32. The van der Waals surface area contributed by atoms with Crippen molar-refractivity contribution in [3.8, 4) is 0 Å². The molecule has 0 bridgehead atoms. The molecule has 19 heavy (non-hydrogen) atoms. The highest BCUT2D eigenvalue weighted by Gasteiger charge is 2.20. The fraction of sp³-hybridized carbons (Fsp3) is 0.692. The largest absolute Gasteiger partial charge is 0.384 e. The van der Waals surface area contributed by atoms with Crippen molar-refractivity contribution in [1.29, 1.82) is 0 Å². The molecule has 1 aromatic heterocycles. The van der Waals surface area contributed by atoms with Gasteiger partial charge in [-0.25, -0.2) is 4.98 Å². The topological polar surface area (TPSA) is 59.5 Å². The number of carbonyl (C=O) groups excluding carboxylic acids is 2. The van der Waals surface area contributed by atoms with Crippen LogP contribution in [0.1, 0.15) is 25.5 Å². The molecule has 0 atom stereocenters. The number of ether oxygens (including phenoxy) is 1. The number of thiazole rings is 1. The van der Waals surface area contributed by atoms with Crippen LogP contribution in [-0.2, 0) is 20.7 Å². The van der Waals surface area contributed by atoms with Gasteiger partial charge in [0.1, 0.15) is 0 Å². The minimum Gasteiger partial charge on any atom is -0.384 e. The lowest BCUT2D eigenvalue weighted by Crippen LogP contribution is -2.34. The molecule has 0 radical (unpaired) electrons. The first-order chi connectivity index (χ1) is 9.24. The molecule has 1 aliphatic heterocycles. The van der Waals surface area contributed by atoms with Crippen LogP contribution in [0.25, 0.3) is 0 Å². The summed E-state index contributed by atoms with van der Waals surface area (Å²) in [5, 5.41) is 3.38. The fourth-order valence-corrected chi connectivity index (χ4v) is 3.09. The molecule has 1 fully saturated rings. The lowest BCUT2D eigenvalue weighted by molar-refractivity contribution is -0.191. The molecule has 0 amide bonds. The molecule has 0 N–H and O–H groups in total. The predicted octanol–water partition coefficient (Wildman–Crippen LogP) is 1.98. The van der Waals surface area contributed by atoms with Gasteiger partial charge in [0, 0.05) is 32.2 Å². The maximum absolute atomic E-state index is 8.12. The van der Waals surface area contributed by atoms with Crippen molar-refractivity contribution in [2.75, 3.05) is 31.7 Å². The molecule has 0 unspecified atom stereocenters. The third-order valence-electron chi connectivity index (χ3n) is 3.19. The molecule has 0 aromatic carbocycles. The maximum atomic E-state index is 8.12. The van der Waals surface area contributed by atoms with E-state index in [0.717, 1.165) is 32.0 Å². The zero-order valence-corrected chi connectivity index (χ0v) is 12.2. The van der Waals surface area contributed by atoms with Crippen molar-refractivity contribution in [1.82, 2.24) is 4.98 Å². The van der Waals surface area contributed by atoms with E-state index in [-0.39, 0.29) is 6.15 Å². The fourth-order valence-electron chi connectivity index (χ4n) is 2.13. The van der Waals surface area contributed by atoms with Gasteiger partial charge in [-0.2, -0.15) is 9.59 Å². The van der Waals surface area contributed by atoms with Crippen LogP contribution < -0.4 is 4.90 Å². The van der Waals surface area contributed by atoms with Gasteiger partial charge >= 0.3 is 6.15 Å². The highest BCUT2D eigenvalue weighted by molar-refractivity contribution is 7.13. The molecule has 6 heteroatoms. The molecule has 0 saturated carbocycles. The zero-order valence-electron chi connectivity index (χ0n) is 11.4. The number of piperidine rings is 1. The number of aryl methyl sites for hydroxylation is 1. The Balaban J connectivity index is 0.000000550. The number of anilines is 1. The van der Waals surface area contributed by atoms with Crippen LogP contribution in [0.3, 0.4) is 0 Å². The Hall–Kier alpha value is -1.23. The summed E-state index contributed by atoms with van der Waals surface area (Å²) in [6.07, 6.45) is 3.75. The van der Waals surface area contributed by atoms with Crippen LogP contribution in [0.5, 0.6) is 0 Å². The number of rotatable bonds is 4. The van der Waals surface area contributed by atoms with Crippen molar-refractivity contribution in [3.05, 3.63) is 11.1 Å². The summed E-state index contributed by atoms with van der Waals surface area (Å²) in [7, 11) is 1.79. The number of methoxy groups -OCH3 is 1. The molecule has 2 rings (SSSR count). The summed E-state index contributed by atoms with van der Waals surface area (Å²) in [6, 6.07) is 0. The van der Waals surface area contributed by atoms with E-state index in [1.54, 1.807) is 18.4 Å². The smallest absolute Gasteiger partial charge is 0.373 e. The van der Waals surface area contributed by atoms with Crippen LogP contribution in [0, 0.1) is 5.92 Å². The normalized spacial score (nSPS) is 15.6. The Labute approximate surface area is 117 Å². The Bertz CT molecular complexity index is 394. The molecule has 5 nitrogen and oxygen atoms in total. The molecule has 0 aliphatic carbocycles. The Morgan fingerprint density at radius 2 is 2.11 bits per heavy atom. The SMILES string of the molecule is CCc1csc(N2CCC(COC)CC2)n1.O=C=O. The van der Waals surface area contributed by atoms with Gasteiger partial charge in [0.05, 0.1) is 5.69 Å². The van der Waals surface area contributed by atoms with Gasteiger partial charge in [-0.3, -0.25) is 0 Å². The highest BCUT2D eigenvalue weighted by atomic mass is 32.1. The molecule has 2 heterocycles. The summed E-state index contributed by atoms with van der Waals surface area (Å²) < 4.78 is 5.21. The standard InChI is InChI=1S/C12H20N2OS.CO2/c1-3-11-9-16-12(13-11)14-6-4-10(5-7-14)8-15-2;2-1-3/h9-10H,3-8H2,1-2H3;. The maximum Gasteiger partial charge on any atom is 0.373 e. The lowest BCUT2D eigenvalue weighted by atomic mass is 9.98. The molecule has 1 aromatic rings. The molecule has 106 valence electrons. The van der Waals surface area contributed by atoms with Gasteiger partial charge in [-0.05, 0) is 25.2 Å². The van der Waals surface area contributed by atoms with Gasteiger partial charge in [0.2, 0.25) is 0 Å². The first kappa shape index (κ1) is 15.8. The number of nitrogens with zero attached hydrogens (tertiary/aromatic N) is 2. The Kier molecular flexibility index (Phi) is 7.33. The van der Waals surface area contributed by atoms with E-state index in [2.05, 4.69) is 22.2 Å². The number of aromatic nitrogens is 1. The van der Waals surface area contributed by atoms with Gasteiger partial charge < -0.3 is 9.64 Å². The first-order valence-corrected chi connectivity index (χ1v) is 7.30. The first-order valence-electron chi connectivity index (χ1n) is 6.42. The summed E-state index contributed by atoms with van der Waals surface area (Å²) >= 11 is 1.78. The van der Waals surface area contributed by atoms with Crippen molar-refractivity contribution in [3.63, 3.8) is 0 Å². The second kappa shape index (κ2) is 8.80. The van der Waals surface area contributed by atoms with Gasteiger partial charge in [0.15, 0.2) is 5.13 Å². The Morgan fingerprint density at radius 1 is 1.47 bits per heavy atom. The second-order valence-electron chi connectivity index (χ2n) is 4.44. The lowest BCUT2D eigenvalue weighted by Gasteiger charge is -2.31. The summed E-state index contributed by atoms with van der Waals surface area (Å²) in [5.41, 5.74) is 1.22. The van der Waals surface area contributed by atoms with E-state index in [1.165, 1.54) is 23.7 Å². The third kappa shape index (κ3) is 5.11. The summed E-state index contributed by atoms with van der Waals surface area (Å²) in [5.74, 6) is 0.742. The van der Waals surface area contributed by atoms with Crippen molar-refractivity contribution in [2.24, 2.45) is 5.92 Å². The average Bonchev–Trinajstić information content (AvgIpc) is 2.90. The summed E-state index contributed by atoms with van der Waals surface area (Å²) in [4.78, 5) is 23.3. The van der Waals surface area contributed by atoms with E-state index in [0.29, 0.717) is 0 Å². The number of hydrogen-bond acceptors (Lipinski definition) is 6. The van der Waals surface area contributed by atoms with Gasteiger partial charge in [-0.1, -0.05) is 6.92 Å². The molecule has 0 spiro atoms. The minimum atomic E-state index is 0.250. The molecule has 1 saturated heterocycles. The van der Waals surface area contributed by atoms with Gasteiger partial charge in [-0.15, -0.1) is 11.3 Å². The van der Waals surface area contributed by atoms with Crippen LogP contribution in [0.4, 0.5) is 5.13 Å². The van der Waals surface area contributed by atoms with Crippen molar-refractivity contribution >= 4 is 22.6 Å². The van der Waals surface area contributed by atoms with E-state index >= 15 is 0 Å². The second-order valence-corrected chi connectivity index (χ2v) is 5.28. The molecular formula is C13H20N2O3S. The number of hydrogen-bond donors (Lipinski definition) is 0. The van der Waals surface area contributed by atoms with Crippen LogP contribution in [0.15, 0.2) is 5.38 Å². The monoisotopic (exact) mass is 284 g/mol. The van der Waals surface area contributed by atoms with Crippen LogP contribution >= 0.6 is 11.3 Å². The Morgan fingerprint density at radius 3 is 2.58 bits per heavy atom. The van der Waals surface area contributed by atoms with Gasteiger partial charge in [0.25, 0.3) is 0 Å². The van der Waals surface area contributed by atoms with E-state index in [9.17, 15) is 0 Å². The molecular weight excluding hydrogens is 264 g/mol. The van der Waals surface area contributed by atoms with Crippen LogP contribution in [0.2, 0.25) is 0 Å². The van der Waals surface area contributed by atoms with Crippen LogP contribution in [-0.4, -0.2) is 37.9 Å². The quantitative estimate of drug-likeness (QED) is 0.846. The zero-order chi connectivity index (χ0) is 14.1. The van der Waals surface area contributed by atoms with E-state index in [1.807, 2.05) is 0 Å².